The van der Waals surface area contributed by atoms with Gasteiger partial charge in [-0.1, -0.05) is 28.9 Å². The summed E-state index contributed by atoms with van der Waals surface area (Å²) in [6, 6.07) is 13.4. The first-order valence-corrected chi connectivity index (χ1v) is 11.8. The number of hydrogen-bond donors (Lipinski definition) is 1. The van der Waals surface area contributed by atoms with Crippen LogP contribution in [0.25, 0.3) is 10.9 Å². The topological polar surface area (TPSA) is 85.3 Å². The van der Waals surface area contributed by atoms with Gasteiger partial charge in [0.25, 0.3) is 0 Å². The molecule has 176 valence electrons. The molecule has 4 aromatic rings. The SMILES string of the molecule is CCOC(=O)N1CCc2c([nH]c3ccc(Cl)cc23)C1c1cccc(OCCCn2ccnn2)c1. The molecule has 0 saturated carbocycles. The molecule has 1 aliphatic rings. The van der Waals surface area contributed by atoms with E-state index in [1.54, 1.807) is 15.8 Å². The summed E-state index contributed by atoms with van der Waals surface area (Å²) in [7, 11) is 0. The van der Waals surface area contributed by atoms with Crippen molar-refractivity contribution in [2.75, 3.05) is 19.8 Å². The maximum absolute atomic E-state index is 12.9. The largest absolute Gasteiger partial charge is 0.494 e. The number of H-pyrrole nitrogens is 1. The van der Waals surface area contributed by atoms with Crippen LogP contribution in [0.1, 0.15) is 36.2 Å². The van der Waals surface area contributed by atoms with Crippen molar-refractivity contribution in [2.24, 2.45) is 0 Å². The molecule has 1 amide bonds. The van der Waals surface area contributed by atoms with E-state index in [1.807, 2.05) is 55.6 Å². The van der Waals surface area contributed by atoms with Gasteiger partial charge in [0.05, 0.1) is 19.4 Å². The number of aromatic nitrogens is 4. The molecule has 1 N–H and O–H groups in total. The molecule has 3 heterocycles. The second-order valence-electron chi connectivity index (χ2n) is 8.19. The van der Waals surface area contributed by atoms with E-state index in [4.69, 9.17) is 21.1 Å². The van der Waals surface area contributed by atoms with Crippen LogP contribution in [0, 0.1) is 0 Å². The molecule has 2 aromatic heterocycles. The molecule has 2 aromatic carbocycles. The number of hydrogen-bond acceptors (Lipinski definition) is 5. The van der Waals surface area contributed by atoms with E-state index in [0.717, 1.165) is 47.3 Å². The fourth-order valence-electron chi connectivity index (χ4n) is 4.55. The number of ether oxygens (including phenoxy) is 2. The van der Waals surface area contributed by atoms with Crippen molar-refractivity contribution in [2.45, 2.75) is 32.4 Å². The van der Waals surface area contributed by atoms with Crippen molar-refractivity contribution in [3.8, 4) is 5.75 Å². The predicted octanol–water partition coefficient (Wildman–Crippen LogP) is 4.99. The van der Waals surface area contributed by atoms with Crippen molar-refractivity contribution in [1.29, 1.82) is 0 Å². The molecule has 9 heteroatoms. The first kappa shape index (κ1) is 22.3. The maximum atomic E-state index is 12.9. The molecule has 34 heavy (non-hydrogen) atoms. The summed E-state index contributed by atoms with van der Waals surface area (Å²) in [5.74, 6) is 0.756. The summed E-state index contributed by atoms with van der Waals surface area (Å²) in [5.41, 5.74) is 4.13. The van der Waals surface area contributed by atoms with Gasteiger partial charge in [-0.15, -0.1) is 5.10 Å². The Hall–Kier alpha value is -3.52. The van der Waals surface area contributed by atoms with Crippen LogP contribution in [0.4, 0.5) is 4.79 Å². The van der Waals surface area contributed by atoms with Gasteiger partial charge in [-0.3, -0.25) is 9.58 Å². The normalized spacial score (nSPS) is 15.4. The lowest BCUT2D eigenvalue weighted by Crippen LogP contribution is -2.41. The molecule has 5 rings (SSSR count). The van der Waals surface area contributed by atoms with Gasteiger partial charge in [0.1, 0.15) is 11.8 Å². The molecule has 1 aliphatic heterocycles. The van der Waals surface area contributed by atoms with E-state index in [2.05, 4.69) is 15.3 Å². The average Bonchev–Trinajstić information content (AvgIpc) is 3.49. The van der Waals surface area contributed by atoms with E-state index in [0.29, 0.717) is 24.8 Å². The quantitative estimate of drug-likeness (QED) is 0.377. The highest BCUT2D eigenvalue weighted by Crippen LogP contribution is 2.40. The Morgan fingerprint density at radius 3 is 3.00 bits per heavy atom. The van der Waals surface area contributed by atoms with Crippen molar-refractivity contribution in [1.82, 2.24) is 24.9 Å². The average molecular weight is 480 g/mol. The number of rotatable bonds is 7. The van der Waals surface area contributed by atoms with Gasteiger partial charge in [0, 0.05) is 47.3 Å². The Bertz CT molecular complexity index is 1290. The zero-order valence-corrected chi connectivity index (χ0v) is 19.7. The van der Waals surface area contributed by atoms with E-state index < -0.39 is 0 Å². The molecule has 0 aliphatic carbocycles. The summed E-state index contributed by atoms with van der Waals surface area (Å²) in [6.45, 7) is 3.98. The Labute approximate surface area is 202 Å². The van der Waals surface area contributed by atoms with Crippen LogP contribution in [0.15, 0.2) is 54.9 Å². The number of aryl methyl sites for hydroxylation is 1. The van der Waals surface area contributed by atoms with Crippen molar-refractivity contribution in [3.05, 3.63) is 76.7 Å². The fourth-order valence-corrected chi connectivity index (χ4v) is 4.73. The number of amides is 1. The summed E-state index contributed by atoms with van der Waals surface area (Å²) in [5, 5.41) is 9.57. The zero-order valence-electron chi connectivity index (χ0n) is 18.9. The summed E-state index contributed by atoms with van der Waals surface area (Å²) < 4.78 is 13.2. The van der Waals surface area contributed by atoms with Crippen LogP contribution in [0.3, 0.4) is 0 Å². The van der Waals surface area contributed by atoms with Crippen LogP contribution in [0.2, 0.25) is 5.02 Å². The lowest BCUT2D eigenvalue weighted by molar-refractivity contribution is 0.0931. The third-order valence-corrected chi connectivity index (χ3v) is 6.27. The van der Waals surface area contributed by atoms with Gasteiger partial charge in [-0.25, -0.2) is 4.79 Å². The number of benzene rings is 2. The number of fused-ring (bicyclic) bond motifs is 3. The van der Waals surface area contributed by atoms with E-state index in [1.165, 1.54) is 5.56 Å². The monoisotopic (exact) mass is 479 g/mol. The minimum Gasteiger partial charge on any atom is -0.494 e. The molecule has 0 saturated heterocycles. The summed E-state index contributed by atoms with van der Waals surface area (Å²) >= 11 is 6.28. The first-order chi connectivity index (χ1) is 16.6. The lowest BCUT2D eigenvalue weighted by Gasteiger charge is -2.35. The summed E-state index contributed by atoms with van der Waals surface area (Å²) in [6.07, 6.45) is 4.70. The molecule has 1 unspecified atom stereocenters. The van der Waals surface area contributed by atoms with E-state index in [-0.39, 0.29) is 12.1 Å². The highest BCUT2D eigenvalue weighted by atomic mass is 35.5. The molecule has 8 nitrogen and oxygen atoms in total. The summed E-state index contributed by atoms with van der Waals surface area (Å²) in [4.78, 5) is 18.2. The highest BCUT2D eigenvalue weighted by Gasteiger charge is 2.35. The number of aromatic amines is 1. The van der Waals surface area contributed by atoms with Crippen LogP contribution < -0.4 is 4.74 Å². The Morgan fingerprint density at radius 1 is 1.26 bits per heavy atom. The third kappa shape index (κ3) is 4.46. The molecular formula is C25H26ClN5O3. The highest BCUT2D eigenvalue weighted by molar-refractivity contribution is 6.31. The molecule has 0 fully saturated rings. The second-order valence-corrected chi connectivity index (χ2v) is 8.63. The van der Waals surface area contributed by atoms with Gasteiger partial charge in [0.15, 0.2) is 0 Å². The number of nitrogens with one attached hydrogen (secondary N) is 1. The van der Waals surface area contributed by atoms with Crippen LogP contribution >= 0.6 is 11.6 Å². The Balaban J connectivity index is 1.44. The van der Waals surface area contributed by atoms with Crippen molar-refractivity contribution >= 4 is 28.6 Å². The van der Waals surface area contributed by atoms with Crippen LogP contribution in [-0.2, 0) is 17.7 Å². The molecule has 0 spiro atoms. The Kier molecular flexibility index (Phi) is 6.40. The van der Waals surface area contributed by atoms with Gasteiger partial charge in [-0.2, -0.15) is 0 Å². The smallest absolute Gasteiger partial charge is 0.410 e. The van der Waals surface area contributed by atoms with E-state index >= 15 is 0 Å². The maximum Gasteiger partial charge on any atom is 0.410 e. The van der Waals surface area contributed by atoms with Gasteiger partial charge in [-0.05, 0) is 54.8 Å². The standard InChI is InChI=1S/C25H26ClN5O3/c1-2-33-25(32)31-12-9-20-21-16-18(26)7-8-22(21)28-23(20)24(31)17-5-3-6-19(15-17)34-14-4-11-30-13-10-27-29-30/h3,5-8,10,13,15-16,24,28H,2,4,9,11-12,14H2,1H3. The van der Waals surface area contributed by atoms with Crippen LogP contribution in [-0.4, -0.2) is 50.7 Å². The number of nitrogens with zero attached hydrogens (tertiary/aromatic N) is 4. The number of carbonyl (C=O) groups excluding carboxylic acids is 1. The van der Waals surface area contributed by atoms with Crippen LogP contribution in [0.5, 0.6) is 5.75 Å². The van der Waals surface area contributed by atoms with Gasteiger partial charge < -0.3 is 14.5 Å². The van der Waals surface area contributed by atoms with Gasteiger partial charge >= 0.3 is 6.09 Å². The number of halogens is 1. The zero-order chi connectivity index (χ0) is 23.5. The van der Waals surface area contributed by atoms with E-state index in [9.17, 15) is 4.79 Å². The first-order valence-electron chi connectivity index (χ1n) is 11.4. The molecular weight excluding hydrogens is 454 g/mol. The lowest BCUT2D eigenvalue weighted by atomic mass is 9.92. The van der Waals surface area contributed by atoms with Gasteiger partial charge in [0.2, 0.25) is 0 Å². The fraction of sp³-hybridized carbons (Fsp3) is 0.320. The minimum atomic E-state index is -0.325. The predicted molar refractivity (Wildman–Crippen MR) is 129 cm³/mol. The Morgan fingerprint density at radius 2 is 2.18 bits per heavy atom. The molecule has 0 bridgehead atoms. The molecule has 0 radical (unpaired) electrons. The molecule has 1 atom stereocenters. The third-order valence-electron chi connectivity index (χ3n) is 6.04. The van der Waals surface area contributed by atoms with Crippen molar-refractivity contribution in [3.63, 3.8) is 0 Å². The second kappa shape index (κ2) is 9.77. The van der Waals surface area contributed by atoms with Crippen molar-refractivity contribution < 1.29 is 14.3 Å². The minimum absolute atomic E-state index is 0.312. The number of carbonyl (C=O) groups is 1.